The molecule has 0 spiro atoms. The van der Waals surface area contributed by atoms with E-state index < -0.39 is 0 Å². The third kappa shape index (κ3) is 2.78. The zero-order valence-electron chi connectivity index (χ0n) is 9.27. The highest BCUT2D eigenvalue weighted by atomic mass is 14.4. The Bertz CT molecular complexity index is 266. The van der Waals surface area contributed by atoms with Crippen molar-refractivity contribution in [3.05, 3.63) is 0 Å². The van der Waals surface area contributed by atoms with Crippen LogP contribution in [0.5, 0.6) is 0 Å². The molecule has 1 heteroatoms. The standard InChI is InChI=1S/C13H19N/c1-3-4-5-8-13(11-14)9-6-12(2)7-10-13/h12H,5-10H2,1-2H3. The van der Waals surface area contributed by atoms with Crippen molar-refractivity contribution < 1.29 is 0 Å². The fourth-order valence-electron chi connectivity index (χ4n) is 2.16. The van der Waals surface area contributed by atoms with E-state index >= 15 is 0 Å². The van der Waals surface area contributed by atoms with E-state index in [1.165, 1.54) is 12.8 Å². The molecule has 0 amide bonds. The summed E-state index contributed by atoms with van der Waals surface area (Å²) in [7, 11) is 0. The number of nitrogens with zero attached hydrogens (tertiary/aromatic N) is 1. The first kappa shape index (κ1) is 11.1. The van der Waals surface area contributed by atoms with Gasteiger partial charge in [-0.05, 0) is 44.9 Å². The zero-order valence-corrected chi connectivity index (χ0v) is 9.27. The van der Waals surface area contributed by atoms with Crippen LogP contribution in [0.25, 0.3) is 0 Å². The minimum Gasteiger partial charge on any atom is -0.198 e. The van der Waals surface area contributed by atoms with Gasteiger partial charge in [0.05, 0.1) is 11.5 Å². The second-order valence-corrected chi connectivity index (χ2v) is 4.50. The van der Waals surface area contributed by atoms with Crippen LogP contribution < -0.4 is 0 Å². The van der Waals surface area contributed by atoms with Gasteiger partial charge in [0.25, 0.3) is 0 Å². The van der Waals surface area contributed by atoms with Gasteiger partial charge < -0.3 is 0 Å². The number of hydrogen-bond donors (Lipinski definition) is 0. The lowest BCUT2D eigenvalue weighted by molar-refractivity contribution is 0.208. The van der Waals surface area contributed by atoms with Crippen LogP contribution in [0.15, 0.2) is 0 Å². The van der Waals surface area contributed by atoms with E-state index in [0.717, 1.165) is 31.6 Å². The van der Waals surface area contributed by atoms with Gasteiger partial charge in [-0.3, -0.25) is 0 Å². The van der Waals surface area contributed by atoms with Crippen molar-refractivity contribution in [2.45, 2.75) is 52.4 Å². The van der Waals surface area contributed by atoms with E-state index in [2.05, 4.69) is 24.8 Å². The van der Waals surface area contributed by atoms with Gasteiger partial charge in [-0.25, -0.2) is 0 Å². The molecule has 0 N–H and O–H groups in total. The lowest BCUT2D eigenvalue weighted by Gasteiger charge is -2.33. The Kier molecular flexibility index (Phi) is 4.02. The molecule has 1 saturated carbocycles. The van der Waals surface area contributed by atoms with Crippen molar-refractivity contribution in [3.8, 4) is 17.9 Å². The van der Waals surface area contributed by atoms with Crippen LogP contribution in [0.2, 0.25) is 0 Å². The number of nitriles is 1. The highest BCUT2D eigenvalue weighted by Crippen LogP contribution is 2.41. The van der Waals surface area contributed by atoms with Crippen molar-refractivity contribution in [3.63, 3.8) is 0 Å². The zero-order chi connectivity index (χ0) is 10.4. The van der Waals surface area contributed by atoms with Gasteiger partial charge in [-0.1, -0.05) is 6.92 Å². The predicted molar refractivity (Wildman–Crippen MR) is 58.4 cm³/mol. The lowest BCUT2D eigenvalue weighted by atomic mass is 9.69. The van der Waals surface area contributed by atoms with E-state index in [9.17, 15) is 5.26 Å². The Balaban J connectivity index is 2.49. The van der Waals surface area contributed by atoms with Gasteiger partial charge in [-0.15, -0.1) is 11.8 Å². The monoisotopic (exact) mass is 189 g/mol. The topological polar surface area (TPSA) is 23.8 Å². The van der Waals surface area contributed by atoms with Crippen LogP contribution in [-0.2, 0) is 0 Å². The molecular weight excluding hydrogens is 170 g/mol. The molecule has 0 aromatic heterocycles. The summed E-state index contributed by atoms with van der Waals surface area (Å²) in [6.45, 7) is 4.15. The Morgan fingerprint density at radius 3 is 2.50 bits per heavy atom. The summed E-state index contributed by atoms with van der Waals surface area (Å²) < 4.78 is 0. The van der Waals surface area contributed by atoms with E-state index in [-0.39, 0.29) is 5.41 Å². The second kappa shape index (κ2) is 5.06. The molecular formula is C13H19N. The Hall–Kier alpha value is -0.950. The minimum atomic E-state index is -0.0453. The molecule has 1 aliphatic carbocycles. The fraction of sp³-hybridized carbons (Fsp3) is 0.769. The molecule has 1 aliphatic rings. The van der Waals surface area contributed by atoms with Crippen molar-refractivity contribution >= 4 is 0 Å². The molecule has 0 radical (unpaired) electrons. The van der Waals surface area contributed by atoms with E-state index in [4.69, 9.17) is 0 Å². The molecule has 0 saturated heterocycles. The van der Waals surface area contributed by atoms with Gasteiger partial charge in [0.15, 0.2) is 0 Å². The SMILES string of the molecule is CC#CCCC1(C#N)CCC(C)CC1. The average molecular weight is 189 g/mol. The van der Waals surface area contributed by atoms with Crippen molar-refractivity contribution in [1.29, 1.82) is 5.26 Å². The lowest BCUT2D eigenvalue weighted by Crippen LogP contribution is -2.25. The molecule has 14 heavy (non-hydrogen) atoms. The summed E-state index contributed by atoms with van der Waals surface area (Å²) in [5.74, 6) is 6.78. The maximum absolute atomic E-state index is 9.23. The van der Waals surface area contributed by atoms with E-state index in [0.29, 0.717) is 0 Å². The van der Waals surface area contributed by atoms with Gasteiger partial charge in [0.2, 0.25) is 0 Å². The number of rotatable bonds is 2. The van der Waals surface area contributed by atoms with Gasteiger partial charge in [0, 0.05) is 6.42 Å². The first-order valence-electron chi connectivity index (χ1n) is 5.53. The van der Waals surface area contributed by atoms with Crippen LogP contribution >= 0.6 is 0 Å². The minimum absolute atomic E-state index is 0.0453. The predicted octanol–water partition coefficient (Wildman–Crippen LogP) is 3.51. The molecule has 1 rings (SSSR count). The molecule has 1 nitrogen and oxygen atoms in total. The van der Waals surface area contributed by atoms with Crippen LogP contribution in [0, 0.1) is 34.5 Å². The highest BCUT2D eigenvalue weighted by Gasteiger charge is 2.33. The Morgan fingerprint density at radius 1 is 1.36 bits per heavy atom. The maximum atomic E-state index is 9.23. The van der Waals surface area contributed by atoms with Crippen molar-refractivity contribution in [2.24, 2.45) is 11.3 Å². The Labute approximate surface area is 87.5 Å². The third-order valence-electron chi connectivity index (χ3n) is 3.37. The van der Waals surface area contributed by atoms with Crippen molar-refractivity contribution in [1.82, 2.24) is 0 Å². The summed E-state index contributed by atoms with van der Waals surface area (Å²) in [6, 6.07) is 2.53. The molecule has 0 aliphatic heterocycles. The first-order valence-corrected chi connectivity index (χ1v) is 5.53. The fourth-order valence-corrected chi connectivity index (χ4v) is 2.16. The normalized spacial score (nSPS) is 31.4. The summed E-state index contributed by atoms with van der Waals surface area (Å²) >= 11 is 0. The molecule has 76 valence electrons. The molecule has 0 aromatic carbocycles. The molecule has 0 bridgehead atoms. The molecule has 0 heterocycles. The van der Waals surface area contributed by atoms with Gasteiger partial charge in [0.1, 0.15) is 0 Å². The maximum Gasteiger partial charge on any atom is 0.0690 e. The molecule has 0 atom stereocenters. The second-order valence-electron chi connectivity index (χ2n) is 4.50. The summed E-state index contributed by atoms with van der Waals surface area (Å²) in [6.07, 6.45) is 6.45. The summed E-state index contributed by atoms with van der Waals surface area (Å²) in [4.78, 5) is 0. The molecule has 1 fully saturated rings. The van der Waals surface area contributed by atoms with Crippen LogP contribution in [0.1, 0.15) is 52.4 Å². The molecule has 0 aromatic rings. The first-order chi connectivity index (χ1) is 6.72. The Morgan fingerprint density at radius 2 is 2.00 bits per heavy atom. The van der Waals surface area contributed by atoms with Gasteiger partial charge >= 0.3 is 0 Å². The van der Waals surface area contributed by atoms with E-state index in [1.54, 1.807) is 0 Å². The van der Waals surface area contributed by atoms with Gasteiger partial charge in [-0.2, -0.15) is 5.26 Å². The van der Waals surface area contributed by atoms with Crippen LogP contribution in [0.3, 0.4) is 0 Å². The number of hydrogen-bond acceptors (Lipinski definition) is 1. The quantitative estimate of drug-likeness (QED) is 0.610. The molecule has 0 unspecified atom stereocenters. The third-order valence-corrected chi connectivity index (χ3v) is 3.37. The largest absolute Gasteiger partial charge is 0.198 e. The highest BCUT2D eigenvalue weighted by molar-refractivity contribution is 5.05. The van der Waals surface area contributed by atoms with Crippen molar-refractivity contribution in [2.75, 3.05) is 0 Å². The van der Waals surface area contributed by atoms with E-state index in [1.807, 2.05) is 6.92 Å². The van der Waals surface area contributed by atoms with Crippen LogP contribution in [0.4, 0.5) is 0 Å². The average Bonchev–Trinajstić information content (AvgIpc) is 2.22. The smallest absolute Gasteiger partial charge is 0.0690 e. The summed E-state index contributed by atoms with van der Waals surface area (Å²) in [5, 5.41) is 9.23. The summed E-state index contributed by atoms with van der Waals surface area (Å²) in [5.41, 5.74) is -0.0453. The van der Waals surface area contributed by atoms with Crippen LogP contribution in [-0.4, -0.2) is 0 Å².